The van der Waals surface area contributed by atoms with Gasteiger partial charge in [-0.3, -0.25) is 0 Å². The predicted molar refractivity (Wildman–Crippen MR) is 34.5 cm³/mol. The van der Waals surface area contributed by atoms with Crippen LogP contribution in [0.25, 0.3) is 11.2 Å². The van der Waals surface area contributed by atoms with E-state index in [-0.39, 0.29) is 6.15 Å². The summed E-state index contributed by atoms with van der Waals surface area (Å²) in [7, 11) is 0. The Hall–Kier alpha value is -1.56. The smallest absolute Gasteiger partial charge is 0.203 e. The molecule has 0 fully saturated rings. The number of fused-ring (bicyclic) bond motifs is 1. The fraction of sp³-hybridized carbons (Fsp3) is 0. The van der Waals surface area contributed by atoms with Crippen molar-refractivity contribution in [2.75, 3.05) is 0 Å². The van der Waals surface area contributed by atoms with E-state index >= 15 is 0 Å². The van der Waals surface area contributed by atoms with Crippen molar-refractivity contribution in [3.63, 3.8) is 0 Å². The maximum Gasteiger partial charge on any atom is 0.203 e. The zero-order chi connectivity index (χ0) is 6.10. The van der Waals surface area contributed by atoms with Gasteiger partial charge in [0.25, 0.3) is 0 Å². The van der Waals surface area contributed by atoms with Crippen LogP contribution in [0, 0.1) is 0 Å². The number of imidazole rings is 1. The number of H-pyrrole nitrogens is 1. The Balaban J connectivity index is 0.000000500. The molecule has 2 aromatic rings. The van der Waals surface area contributed by atoms with Crippen LogP contribution in [0.2, 0.25) is 0 Å². The van der Waals surface area contributed by atoms with E-state index in [1.165, 1.54) is 0 Å². The van der Waals surface area contributed by atoms with Crippen molar-refractivity contribution >= 4 is 11.2 Å². The molecular formula is C4H6N6. The van der Waals surface area contributed by atoms with Gasteiger partial charge in [-0.05, 0) is 5.21 Å². The third kappa shape index (κ3) is 0.799. The molecule has 4 N–H and O–H groups in total. The zero-order valence-corrected chi connectivity index (χ0v) is 5.15. The van der Waals surface area contributed by atoms with Crippen LogP contribution in [0.1, 0.15) is 0 Å². The molecule has 0 unspecified atom stereocenters. The third-order valence-electron chi connectivity index (χ3n) is 1.03. The quantitative estimate of drug-likeness (QED) is 0.529. The van der Waals surface area contributed by atoms with E-state index in [1.807, 2.05) is 0 Å². The molecule has 0 aromatic carbocycles. The first-order valence-electron chi connectivity index (χ1n) is 2.44. The molecule has 2 aromatic heterocycles. The highest BCUT2D eigenvalue weighted by Crippen LogP contribution is 1.97. The van der Waals surface area contributed by atoms with E-state index in [0.29, 0.717) is 5.65 Å². The number of aromatic amines is 1. The summed E-state index contributed by atoms with van der Waals surface area (Å²) < 4.78 is 0. The Bertz CT molecular complexity index is 284. The molecule has 0 saturated heterocycles. The van der Waals surface area contributed by atoms with Crippen LogP contribution in [0.4, 0.5) is 0 Å². The predicted octanol–water partition coefficient (Wildman–Crippen LogP) is -0.0901. The van der Waals surface area contributed by atoms with Gasteiger partial charge in [0.2, 0.25) is 5.65 Å². The lowest BCUT2D eigenvalue weighted by Crippen LogP contribution is -1.84. The molecule has 0 bridgehead atoms. The normalized spacial score (nSPS) is 9.20. The lowest BCUT2D eigenvalue weighted by atomic mass is 10.6. The summed E-state index contributed by atoms with van der Waals surface area (Å²) >= 11 is 0. The highest BCUT2D eigenvalue weighted by Gasteiger charge is 1.92. The van der Waals surface area contributed by atoms with E-state index in [0.717, 1.165) is 5.52 Å². The van der Waals surface area contributed by atoms with Crippen LogP contribution in [0.15, 0.2) is 12.5 Å². The molecule has 0 saturated carbocycles. The van der Waals surface area contributed by atoms with Crippen LogP contribution >= 0.6 is 0 Å². The van der Waals surface area contributed by atoms with Crippen LogP contribution in [0.5, 0.6) is 0 Å². The average molecular weight is 138 g/mol. The summed E-state index contributed by atoms with van der Waals surface area (Å²) in [5.41, 5.74) is 1.41. The minimum Gasteiger partial charge on any atom is -0.344 e. The molecule has 2 rings (SSSR count). The Morgan fingerprint density at radius 2 is 2.30 bits per heavy atom. The standard InChI is InChI=1S/C4H3N5.H3N/c1-3-4(6-2-5-3)8-9-7-1;/h1-2H,(H,5,6,7,8);1H3. The summed E-state index contributed by atoms with van der Waals surface area (Å²) in [4.78, 5) is 6.69. The fourth-order valence-corrected chi connectivity index (χ4v) is 0.623. The van der Waals surface area contributed by atoms with Gasteiger partial charge < -0.3 is 11.1 Å². The van der Waals surface area contributed by atoms with Crippen LogP contribution in [-0.2, 0) is 0 Å². The van der Waals surface area contributed by atoms with Gasteiger partial charge in [-0.25, -0.2) is 4.98 Å². The van der Waals surface area contributed by atoms with Gasteiger partial charge in [0.05, 0.1) is 12.5 Å². The second-order valence-corrected chi connectivity index (χ2v) is 1.57. The highest BCUT2D eigenvalue weighted by molar-refractivity contribution is 5.66. The van der Waals surface area contributed by atoms with E-state index in [9.17, 15) is 0 Å². The van der Waals surface area contributed by atoms with E-state index in [2.05, 4.69) is 25.4 Å². The highest BCUT2D eigenvalue weighted by atomic mass is 15.3. The number of rotatable bonds is 0. The van der Waals surface area contributed by atoms with E-state index < -0.39 is 0 Å². The lowest BCUT2D eigenvalue weighted by Gasteiger charge is -1.78. The second-order valence-electron chi connectivity index (χ2n) is 1.57. The number of hydrogen-bond acceptors (Lipinski definition) is 5. The summed E-state index contributed by atoms with van der Waals surface area (Å²) in [6.07, 6.45) is 3.14. The van der Waals surface area contributed by atoms with Gasteiger partial charge >= 0.3 is 0 Å². The molecule has 52 valence electrons. The third-order valence-corrected chi connectivity index (χ3v) is 1.03. The monoisotopic (exact) mass is 138 g/mol. The number of hydrogen-bond donors (Lipinski definition) is 2. The Morgan fingerprint density at radius 1 is 1.40 bits per heavy atom. The van der Waals surface area contributed by atoms with Crippen LogP contribution in [-0.4, -0.2) is 25.4 Å². The molecule has 0 spiro atoms. The van der Waals surface area contributed by atoms with Gasteiger partial charge in [-0.2, -0.15) is 0 Å². The summed E-state index contributed by atoms with van der Waals surface area (Å²) in [6.45, 7) is 0. The van der Waals surface area contributed by atoms with Crippen molar-refractivity contribution in [2.45, 2.75) is 0 Å². The minimum absolute atomic E-state index is 0. The Labute approximate surface area is 56.3 Å². The molecular weight excluding hydrogens is 132 g/mol. The van der Waals surface area contributed by atoms with Gasteiger partial charge in [0, 0.05) is 0 Å². The SMILES string of the molecule is N.c1nc2nnncc2[nH]1. The molecule has 10 heavy (non-hydrogen) atoms. The van der Waals surface area contributed by atoms with E-state index in [4.69, 9.17) is 0 Å². The summed E-state index contributed by atoms with van der Waals surface area (Å²) in [6, 6.07) is 0. The Kier molecular flexibility index (Phi) is 1.55. The van der Waals surface area contributed by atoms with Crippen molar-refractivity contribution < 1.29 is 0 Å². The van der Waals surface area contributed by atoms with Crippen molar-refractivity contribution in [1.29, 1.82) is 0 Å². The average Bonchev–Trinajstić information content (AvgIpc) is 2.33. The summed E-state index contributed by atoms with van der Waals surface area (Å²) in [5.74, 6) is 0. The molecule has 6 heteroatoms. The summed E-state index contributed by atoms with van der Waals surface area (Å²) in [5, 5.41) is 10.6. The van der Waals surface area contributed by atoms with Crippen LogP contribution < -0.4 is 6.15 Å². The lowest BCUT2D eigenvalue weighted by molar-refractivity contribution is 0.888. The largest absolute Gasteiger partial charge is 0.344 e. The Morgan fingerprint density at radius 3 is 3.10 bits per heavy atom. The molecule has 0 aliphatic carbocycles. The molecule has 0 atom stereocenters. The van der Waals surface area contributed by atoms with Crippen molar-refractivity contribution in [1.82, 2.24) is 31.5 Å². The molecule has 0 aliphatic heterocycles. The van der Waals surface area contributed by atoms with Gasteiger partial charge in [0.15, 0.2) is 0 Å². The zero-order valence-electron chi connectivity index (χ0n) is 5.15. The number of nitrogens with one attached hydrogen (secondary N) is 1. The van der Waals surface area contributed by atoms with Crippen LogP contribution in [0.3, 0.4) is 0 Å². The van der Waals surface area contributed by atoms with Gasteiger partial charge in [0.1, 0.15) is 5.52 Å². The molecule has 2 heterocycles. The van der Waals surface area contributed by atoms with Gasteiger partial charge in [-0.15, -0.1) is 10.2 Å². The first-order valence-corrected chi connectivity index (χ1v) is 2.44. The first-order chi connectivity index (χ1) is 4.47. The molecule has 0 amide bonds. The van der Waals surface area contributed by atoms with Crippen molar-refractivity contribution in [3.05, 3.63) is 12.5 Å². The number of nitrogens with zero attached hydrogens (tertiary/aromatic N) is 4. The molecule has 0 aliphatic rings. The molecule has 0 radical (unpaired) electrons. The molecule has 6 nitrogen and oxygen atoms in total. The van der Waals surface area contributed by atoms with Crippen molar-refractivity contribution in [3.8, 4) is 0 Å². The fourth-order valence-electron chi connectivity index (χ4n) is 0.623. The first kappa shape index (κ1) is 6.56. The maximum absolute atomic E-state index is 3.85. The second kappa shape index (κ2) is 2.36. The van der Waals surface area contributed by atoms with E-state index in [1.54, 1.807) is 12.5 Å². The van der Waals surface area contributed by atoms with Crippen molar-refractivity contribution in [2.24, 2.45) is 0 Å². The maximum atomic E-state index is 3.85. The topological polar surface area (TPSA) is 102 Å². The number of aromatic nitrogens is 5. The minimum atomic E-state index is 0. The van der Waals surface area contributed by atoms with Gasteiger partial charge in [-0.1, -0.05) is 0 Å².